The maximum absolute atomic E-state index is 14.7. The van der Waals surface area contributed by atoms with Gasteiger partial charge in [-0.3, -0.25) is 52.9 Å². The Kier molecular flexibility index (Phi) is 36.0. The van der Waals surface area contributed by atoms with E-state index in [-0.39, 0.29) is 114 Å². The molecule has 10 atom stereocenters. The Labute approximate surface area is 495 Å². The van der Waals surface area contributed by atoms with Crippen LogP contribution in [0.3, 0.4) is 0 Å². The Morgan fingerprint density at radius 3 is 1.17 bits per heavy atom. The highest BCUT2D eigenvalue weighted by Crippen LogP contribution is 2.14. The summed E-state index contributed by atoms with van der Waals surface area (Å²) in [6.07, 6.45) is 0.807. The van der Waals surface area contributed by atoms with Crippen LogP contribution in [0, 0.1) is 23.7 Å². The number of hydrogen-bond acceptors (Lipinski definition) is 15. The van der Waals surface area contributed by atoms with Crippen LogP contribution in [-0.4, -0.2) is 157 Å². The predicted molar refractivity (Wildman–Crippen MR) is 321 cm³/mol. The standard InChI is InChI=1S/C57H102N16O11/c1-32(2)26-41(48(61)76)69-54(82)44(29-35(7)8)72-56(84)47(36(9)74)73-51(79)39(21-14-16-24-59)68-55(83)45(30-37-18-11-10-12-19-37)71-50(78)40(22-17-25-64-57(62)63)66-49(77)38(20-13-15-23-58)67-53(81)43(28-34(5)6)70-52(80)42(27-33(3)4)65-46(75)31-60/h10-12,18-19,32-36,38-45,47,74H,13-17,20-31,58-60H2,1-9H3,(H2,61,76)(H,65,75)(H,66,77)(H,67,81)(H,68,83)(H,69,82)(H,70,80)(H,71,78)(H,72,84)(H,73,79)(H4,62,63,64)/t36-,38+,39+,40+,41+,42+,43+,44+,45+,47+/m1/s1. The van der Waals surface area contributed by atoms with Gasteiger partial charge < -0.3 is 87.4 Å². The molecule has 0 unspecified atom stereocenters. The molecule has 10 amide bonds. The molecule has 27 heteroatoms. The van der Waals surface area contributed by atoms with E-state index < -0.39 is 120 Å². The van der Waals surface area contributed by atoms with Crippen LogP contribution in [-0.2, 0) is 54.4 Å². The van der Waals surface area contributed by atoms with E-state index in [2.05, 4.69) is 52.8 Å². The second-order valence-electron chi connectivity index (χ2n) is 23.1. The molecular weight excluding hydrogens is 1080 g/mol. The highest BCUT2D eigenvalue weighted by atomic mass is 16.3. The number of amides is 10. The molecular formula is C57H102N16O11. The van der Waals surface area contributed by atoms with E-state index in [4.69, 9.17) is 34.4 Å². The molecule has 27 nitrogen and oxygen atoms in total. The minimum Gasteiger partial charge on any atom is -0.391 e. The zero-order valence-corrected chi connectivity index (χ0v) is 50.9. The fraction of sp³-hybridized carbons (Fsp3) is 0.702. The number of aliphatic imine (C=N–C) groups is 1. The first-order chi connectivity index (χ1) is 39.5. The molecule has 0 bridgehead atoms. The number of primary amides is 1. The lowest BCUT2D eigenvalue weighted by molar-refractivity contribution is -0.137. The Hall–Kier alpha value is -6.97. The second kappa shape index (κ2) is 40.3. The number of nitrogens with two attached hydrogens (primary N) is 6. The zero-order valence-electron chi connectivity index (χ0n) is 50.9. The zero-order chi connectivity index (χ0) is 63.6. The Balaban J connectivity index is 3.74. The van der Waals surface area contributed by atoms with Crippen LogP contribution in [0.15, 0.2) is 35.3 Å². The van der Waals surface area contributed by atoms with Gasteiger partial charge >= 0.3 is 0 Å². The smallest absolute Gasteiger partial charge is 0.245 e. The summed E-state index contributed by atoms with van der Waals surface area (Å²) >= 11 is 0. The highest BCUT2D eigenvalue weighted by Gasteiger charge is 2.37. The summed E-state index contributed by atoms with van der Waals surface area (Å²) in [5, 5.41) is 35.0. The first-order valence-corrected chi connectivity index (χ1v) is 29.4. The molecule has 1 rings (SSSR count). The van der Waals surface area contributed by atoms with E-state index in [1.54, 1.807) is 30.3 Å². The maximum Gasteiger partial charge on any atom is 0.245 e. The van der Waals surface area contributed by atoms with Crippen molar-refractivity contribution in [2.75, 3.05) is 26.2 Å². The molecule has 0 aliphatic carbocycles. The molecule has 0 aliphatic rings. The van der Waals surface area contributed by atoms with Crippen molar-refractivity contribution in [2.45, 2.75) is 206 Å². The lowest BCUT2D eigenvalue weighted by atomic mass is 9.99. The average molecular weight is 1190 g/mol. The number of carbonyl (C=O) groups excluding carboxylic acids is 10. The lowest BCUT2D eigenvalue weighted by Crippen LogP contribution is -2.62. The van der Waals surface area contributed by atoms with Crippen LogP contribution in [0.5, 0.6) is 0 Å². The largest absolute Gasteiger partial charge is 0.391 e. The fourth-order valence-corrected chi connectivity index (χ4v) is 8.99. The van der Waals surface area contributed by atoms with Crippen LogP contribution in [0.25, 0.3) is 0 Å². The first kappa shape index (κ1) is 75.0. The molecule has 0 aromatic heterocycles. The van der Waals surface area contributed by atoms with E-state index in [0.717, 1.165) is 0 Å². The average Bonchev–Trinajstić information content (AvgIpc) is 3.60. The topological polar surface area (TPSA) is 468 Å². The Morgan fingerprint density at radius 2 is 0.774 bits per heavy atom. The van der Waals surface area contributed by atoms with Crippen molar-refractivity contribution in [1.82, 2.24) is 47.9 Å². The van der Waals surface area contributed by atoms with Crippen molar-refractivity contribution in [3.05, 3.63) is 35.9 Å². The van der Waals surface area contributed by atoms with Crippen molar-refractivity contribution in [2.24, 2.45) is 63.1 Å². The molecule has 0 saturated carbocycles. The van der Waals surface area contributed by atoms with Crippen LogP contribution in [0.2, 0.25) is 0 Å². The van der Waals surface area contributed by atoms with Gasteiger partial charge in [0.25, 0.3) is 0 Å². The van der Waals surface area contributed by atoms with Gasteiger partial charge in [0.2, 0.25) is 59.1 Å². The monoisotopic (exact) mass is 1190 g/mol. The van der Waals surface area contributed by atoms with Gasteiger partial charge in [0.15, 0.2) is 5.96 Å². The summed E-state index contributed by atoms with van der Waals surface area (Å²) < 4.78 is 0. The van der Waals surface area contributed by atoms with Gasteiger partial charge in [0.1, 0.15) is 54.4 Å². The number of aliphatic hydroxyl groups excluding tert-OH is 1. The molecule has 22 N–H and O–H groups in total. The molecule has 0 saturated heterocycles. The van der Waals surface area contributed by atoms with Crippen LogP contribution < -0.4 is 82.3 Å². The number of hydrogen-bond donors (Lipinski definition) is 16. The van der Waals surface area contributed by atoms with Crippen molar-refractivity contribution in [1.29, 1.82) is 0 Å². The van der Waals surface area contributed by atoms with Crippen molar-refractivity contribution in [3.63, 3.8) is 0 Å². The SMILES string of the molecule is CC(C)C[C@H](NC(=O)[C@H](CC(C)C)NC(=O)[C@@H](NC(=O)[C@H](CCCCN)NC(=O)[C@H](Cc1ccccc1)NC(=O)[C@H](CCCN=C(N)N)NC(=O)[C@H](CCCCN)NC(=O)[C@H](CC(C)C)NC(=O)[C@H](CC(C)C)NC(=O)CN)[C@@H](C)O)C(N)=O. The normalized spacial score (nSPS) is 14.9. The number of guanidine groups is 1. The Morgan fingerprint density at radius 1 is 0.429 bits per heavy atom. The lowest BCUT2D eigenvalue weighted by Gasteiger charge is -2.29. The van der Waals surface area contributed by atoms with E-state index >= 15 is 0 Å². The maximum atomic E-state index is 14.7. The molecule has 476 valence electrons. The van der Waals surface area contributed by atoms with Crippen LogP contribution in [0.1, 0.15) is 145 Å². The van der Waals surface area contributed by atoms with E-state index in [9.17, 15) is 53.1 Å². The molecule has 0 spiro atoms. The molecule has 1 aromatic rings. The van der Waals surface area contributed by atoms with Crippen LogP contribution >= 0.6 is 0 Å². The summed E-state index contributed by atoms with van der Waals surface area (Å²) in [5.41, 5.74) is 34.5. The summed E-state index contributed by atoms with van der Waals surface area (Å²) in [6, 6.07) is -2.86. The predicted octanol–water partition coefficient (Wildman–Crippen LogP) is -2.09. The number of rotatable bonds is 42. The highest BCUT2D eigenvalue weighted by molar-refractivity contribution is 5.98. The van der Waals surface area contributed by atoms with Crippen molar-refractivity contribution in [3.8, 4) is 0 Å². The van der Waals surface area contributed by atoms with Crippen LogP contribution in [0.4, 0.5) is 0 Å². The minimum absolute atomic E-state index is 0.0104. The van der Waals surface area contributed by atoms with Gasteiger partial charge in [-0.05, 0) is 126 Å². The second-order valence-corrected chi connectivity index (χ2v) is 23.1. The molecule has 0 radical (unpaired) electrons. The molecule has 0 aliphatic heterocycles. The minimum atomic E-state index is -1.65. The van der Waals surface area contributed by atoms with Gasteiger partial charge in [-0.15, -0.1) is 0 Å². The van der Waals surface area contributed by atoms with Crippen molar-refractivity contribution >= 4 is 65.0 Å². The van der Waals surface area contributed by atoms with E-state index in [1.807, 2.05) is 55.4 Å². The third kappa shape index (κ3) is 30.5. The van der Waals surface area contributed by atoms with Gasteiger partial charge in [-0.2, -0.15) is 0 Å². The number of nitrogens with one attached hydrogen (secondary N) is 9. The summed E-state index contributed by atoms with van der Waals surface area (Å²) in [5.74, 6) is -8.14. The van der Waals surface area contributed by atoms with Gasteiger partial charge in [0.05, 0.1) is 12.6 Å². The number of nitrogens with zero attached hydrogens (tertiary/aromatic N) is 1. The Bertz CT molecular complexity index is 2270. The van der Waals surface area contributed by atoms with Gasteiger partial charge in [-0.1, -0.05) is 85.7 Å². The fourth-order valence-electron chi connectivity index (χ4n) is 8.99. The summed E-state index contributed by atoms with van der Waals surface area (Å²) in [6.45, 7) is 16.2. The van der Waals surface area contributed by atoms with Crippen molar-refractivity contribution < 1.29 is 53.1 Å². The molecule has 0 heterocycles. The van der Waals surface area contributed by atoms with E-state index in [1.165, 1.54) is 6.92 Å². The molecule has 0 fully saturated rings. The first-order valence-electron chi connectivity index (χ1n) is 29.4. The number of benzene rings is 1. The number of unbranched alkanes of at least 4 members (excludes halogenated alkanes) is 2. The van der Waals surface area contributed by atoms with Gasteiger partial charge in [-0.25, -0.2) is 0 Å². The summed E-state index contributed by atoms with van der Waals surface area (Å²) in [7, 11) is 0. The summed E-state index contributed by atoms with van der Waals surface area (Å²) in [4.78, 5) is 142. The quantitative estimate of drug-likeness (QED) is 0.0190. The third-order valence-electron chi connectivity index (χ3n) is 13.3. The number of carbonyl (C=O) groups is 10. The molecule has 84 heavy (non-hydrogen) atoms. The van der Waals surface area contributed by atoms with Gasteiger partial charge in [0, 0.05) is 13.0 Å². The number of aliphatic hydroxyl groups is 1. The third-order valence-corrected chi connectivity index (χ3v) is 13.3. The van der Waals surface area contributed by atoms with E-state index in [0.29, 0.717) is 31.2 Å². The molecule has 1 aromatic carbocycles.